The molecule has 1 fully saturated rings. The molecule has 13 heteroatoms. The molecule has 1 aliphatic heterocycles. The number of nitrogens with zero attached hydrogens (tertiary/aromatic N) is 2. The molecule has 0 aliphatic carbocycles. The van der Waals surface area contributed by atoms with E-state index in [1.54, 1.807) is 24.0 Å². The highest BCUT2D eigenvalue weighted by Gasteiger charge is 2.33. The van der Waals surface area contributed by atoms with Crippen LogP contribution in [0.4, 0.5) is 13.2 Å². The van der Waals surface area contributed by atoms with E-state index in [-0.39, 0.29) is 43.5 Å². The van der Waals surface area contributed by atoms with Crippen molar-refractivity contribution in [3.63, 3.8) is 0 Å². The predicted octanol–water partition coefficient (Wildman–Crippen LogP) is 3.12. The first-order valence-electron chi connectivity index (χ1n) is 11.5. The van der Waals surface area contributed by atoms with Crippen molar-refractivity contribution < 1.29 is 35.1 Å². The zero-order valence-electron chi connectivity index (χ0n) is 20.2. The highest BCUT2D eigenvalue weighted by atomic mass is 32.2. The SMILES string of the molecule is C=CS(=O)(=O)NC[C@H]1CCN(S(=O)(=O)c2ccc(CN(Cc3ccc(C(F)(F)F)cc3)C(C)O)cc2)C1. The zero-order chi connectivity index (χ0) is 27.4. The normalized spacial score (nSPS) is 18.3. The number of nitrogens with one attached hydrogen (secondary N) is 1. The molecule has 1 unspecified atom stereocenters. The van der Waals surface area contributed by atoms with Gasteiger partial charge in [0, 0.05) is 38.1 Å². The minimum Gasteiger partial charge on any atom is -0.379 e. The van der Waals surface area contributed by atoms with E-state index in [0.29, 0.717) is 17.5 Å². The molecule has 0 bridgehead atoms. The van der Waals surface area contributed by atoms with Gasteiger partial charge in [0.1, 0.15) is 6.23 Å². The van der Waals surface area contributed by atoms with Gasteiger partial charge in [0.05, 0.1) is 10.5 Å². The van der Waals surface area contributed by atoms with Crippen molar-refractivity contribution in [3.8, 4) is 0 Å². The molecule has 8 nitrogen and oxygen atoms in total. The number of aliphatic hydroxyl groups is 1. The highest BCUT2D eigenvalue weighted by Crippen LogP contribution is 2.29. The summed E-state index contributed by atoms with van der Waals surface area (Å²) in [6, 6.07) is 10.9. The average Bonchev–Trinajstić information content (AvgIpc) is 3.33. The lowest BCUT2D eigenvalue weighted by atomic mass is 10.1. The van der Waals surface area contributed by atoms with Crippen molar-refractivity contribution >= 4 is 20.0 Å². The van der Waals surface area contributed by atoms with E-state index < -0.39 is 38.0 Å². The van der Waals surface area contributed by atoms with E-state index in [2.05, 4.69) is 11.3 Å². The quantitative estimate of drug-likeness (QED) is 0.409. The Bertz CT molecular complexity index is 1280. The molecule has 0 spiro atoms. The van der Waals surface area contributed by atoms with Crippen LogP contribution in [0.2, 0.25) is 0 Å². The molecule has 204 valence electrons. The summed E-state index contributed by atoms with van der Waals surface area (Å²) >= 11 is 0. The van der Waals surface area contributed by atoms with Crippen molar-refractivity contribution in [2.75, 3.05) is 19.6 Å². The summed E-state index contributed by atoms with van der Waals surface area (Å²) in [6.07, 6.45) is -4.81. The van der Waals surface area contributed by atoms with Crippen LogP contribution in [0.5, 0.6) is 0 Å². The molecule has 1 saturated heterocycles. The van der Waals surface area contributed by atoms with Gasteiger partial charge in [-0.2, -0.15) is 17.5 Å². The molecule has 2 aromatic carbocycles. The lowest BCUT2D eigenvalue weighted by Crippen LogP contribution is -2.32. The molecule has 2 atom stereocenters. The Labute approximate surface area is 215 Å². The number of aliphatic hydroxyl groups excluding tert-OH is 1. The molecule has 0 radical (unpaired) electrons. The monoisotopic (exact) mass is 561 g/mol. The fourth-order valence-corrected chi connectivity index (χ4v) is 6.10. The van der Waals surface area contributed by atoms with Crippen LogP contribution in [-0.2, 0) is 39.3 Å². The first-order valence-corrected chi connectivity index (χ1v) is 14.5. The molecular weight excluding hydrogens is 531 g/mol. The second-order valence-corrected chi connectivity index (χ2v) is 12.6. The number of hydrogen-bond acceptors (Lipinski definition) is 6. The van der Waals surface area contributed by atoms with Gasteiger partial charge in [-0.25, -0.2) is 21.6 Å². The number of hydrogen-bond donors (Lipinski definition) is 2. The third kappa shape index (κ3) is 7.85. The number of alkyl halides is 3. The van der Waals surface area contributed by atoms with Gasteiger partial charge in [-0.15, -0.1) is 0 Å². The lowest BCUT2D eigenvalue weighted by Gasteiger charge is -2.26. The maximum atomic E-state index is 13.1. The minimum absolute atomic E-state index is 0.0925. The standard InChI is InChI=1S/C24H30F3N3O5S2/c1-3-36(32,33)28-14-21-12-13-30(17-21)37(34,35)23-10-6-20(7-11-23)16-29(18(2)31)15-19-4-8-22(9-5-19)24(25,26)27/h3-11,18,21,28,31H,1,12-17H2,2H3/t18?,21-/m1/s1. The lowest BCUT2D eigenvalue weighted by molar-refractivity contribution is -0.137. The van der Waals surface area contributed by atoms with Crippen molar-refractivity contribution in [3.05, 3.63) is 77.2 Å². The summed E-state index contributed by atoms with van der Waals surface area (Å²) in [5.74, 6) is -0.159. The second kappa shape index (κ2) is 11.6. The molecule has 0 saturated carbocycles. The summed E-state index contributed by atoms with van der Waals surface area (Å²) in [5, 5.41) is 11.0. The molecule has 2 N–H and O–H groups in total. The van der Waals surface area contributed by atoms with Crippen LogP contribution >= 0.6 is 0 Å². The Morgan fingerprint density at radius 3 is 2.11 bits per heavy atom. The van der Waals surface area contributed by atoms with Gasteiger partial charge < -0.3 is 5.11 Å². The minimum atomic E-state index is -4.43. The van der Waals surface area contributed by atoms with Crippen molar-refractivity contribution in [1.82, 2.24) is 13.9 Å². The summed E-state index contributed by atoms with van der Waals surface area (Å²) in [4.78, 5) is 1.73. The van der Waals surface area contributed by atoms with Gasteiger partial charge in [-0.3, -0.25) is 4.90 Å². The largest absolute Gasteiger partial charge is 0.416 e. The third-order valence-electron chi connectivity index (χ3n) is 6.18. The van der Waals surface area contributed by atoms with E-state index >= 15 is 0 Å². The molecule has 1 heterocycles. The molecule has 37 heavy (non-hydrogen) atoms. The van der Waals surface area contributed by atoms with Crippen molar-refractivity contribution in [1.29, 1.82) is 0 Å². The van der Waals surface area contributed by atoms with Crippen LogP contribution < -0.4 is 4.72 Å². The number of benzene rings is 2. The van der Waals surface area contributed by atoms with Gasteiger partial charge in [0.2, 0.25) is 20.0 Å². The first kappa shape index (κ1) is 29.3. The van der Waals surface area contributed by atoms with E-state index in [1.165, 1.54) is 28.6 Å². The highest BCUT2D eigenvalue weighted by molar-refractivity contribution is 7.92. The maximum Gasteiger partial charge on any atom is 0.416 e. The van der Waals surface area contributed by atoms with Crippen molar-refractivity contribution in [2.45, 2.75) is 43.7 Å². The Balaban J connectivity index is 1.63. The molecular formula is C24H30F3N3O5S2. The zero-order valence-corrected chi connectivity index (χ0v) is 21.9. The Morgan fingerprint density at radius 1 is 1.08 bits per heavy atom. The Morgan fingerprint density at radius 2 is 1.62 bits per heavy atom. The molecule has 3 rings (SSSR count). The van der Waals surface area contributed by atoms with Gasteiger partial charge in [0.15, 0.2) is 0 Å². The summed E-state index contributed by atoms with van der Waals surface area (Å²) in [6.45, 7) is 5.79. The smallest absolute Gasteiger partial charge is 0.379 e. The van der Waals surface area contributed by atoms with E-state index in [4.69, 9.17) is 0 Å². The van der Waals surface area contributed by atoms with Crippen molar-refractivity contribution in [2.24, 2.45) is 5.92 Å². The van der Waals surface area contributed by atoms with Crippen LogP contribution in [0.1, 0.15) is 30.0 Å². The number of rotatable bonds is 11. The Hall–Kier alpha value is -2.29. The predicted molar refractivity (Wildman–Crippen MR) is 133 cm³/mol. The van der Waals surface area contributed by atoms with Gasteiger partial charge >= 0.3 is 6.18 Å². The number of halogens is 3. The molecule has 0 amide bonds. The Kier molecular flexibility index (Phi) is 9.19. The summed E-state index contributed by atoms with van der Waals surface area (Å²) in [7, 11) is -7.36. The van der Waals surface area contributed by atoms with Crippen LogP contribution in [0, 0.1) is 5.92 Å². The van der Waals surface area contributed by atoms with Gasteiger partial charge in [-0.05, 0) is 54.7 Å². The average molecular weight is 562 g/mol. The first-order chi connectivity index (χ1) is 17.2. The summed E-state index contributed by atoms with van der Waals surface area (Å²) in [5.41, 5.74) is 0.552. The van der Waals surface area contributed by atoms with Crippen LogP contribution in [0.25, 0.3) is 0 Å². The molecule has 0 aromatic heterocycles. The van der Waals surface area contributed by atoms with E-state index in [9.17, 15) is 35.1 Å². The number of sulfonamides is 2. The van der Waals surface area contributed by atoms with E-state index in [1.807, 2.05) is 0 Å². The van der Waals surface area contributed by atoms with E-state index in [0.717, 1.165) is 17.5 Å². The second-order valence-electron chi connectivity index (χ2n) is 8.95. The summed E-state index contributed by atoms with van der Waals surface area (Å²) < 4.78 is 91.3. The van der Waals surface area contributed by atoms with Crippen LogP contribution in [-0.4, -0.2) is 57.0 Å². The fourth-order valence-electron chi connectivity index (χ4n) is 3.98. The van der Waals surface area contributed by atoms with Gasteiger partial charge in [-0.1, -0.05) is 30.8 Å². The van der Waals surface area contributed by atoms with Gasteiger partial charge in [0.25, 0.3) is 0 Å². The topological polar surface area (TPSA) is 107 Å². The molecule has 2 aromatic rings. The fraction of sp³-hybridized carbons (Fsp3) is 0.417. The maximum absolute atomic E-state index is 13.1. The third-order valence-corrected chi connectivity index (χ3v) is 9.07. The molecule has 1 aliphatic rings. The van der Waals surface area contributed by atoms with Crippen LogP contribution in [0.3, 0.4) is 0 Å². The van der Waals surface area contributed by atoms with Crippen LogP contribution in [0.15, 0.2) is 65.4 Å².